The van der Waals surface area contributed by atoms with E-state index >= 15 is 0 Å². The van der Waals surface area contributed by atoms with E-state index in [-0.39, 0.29) is 17.9 Å². The van der Waals surface area contributed by atoms with Crippen molar-refractivity contribution in [2.24, 2.45) is 11.7 Å². The van der Waals surface area contributed by atoms with Crippen LogP contribution >= 0.6 is 0 Å². The first-order valence-electron chi connectivity index (χ1n) is 6.70. The van der Waals surface area contributed by atoms with Crippen molar-refractivity contribution >= 4 is 5.91 Å². The first-order chi connectivity index (χ1) is 8.22. The van der Waals surface area contributed by atoms with Crippen molar-refractivity contribution in [2.75, 3.05) is 13.1 Å². The van der Waals surface area contributed by atoms with Gasteiger partial charge in [0, 0.05) is 31.2 Å². The Kier molecular flexibility index (Phi) is 2.92. The summed E-state index contributed by atoms with van der Waals surface area (Å²) >= 11 is 0. The van der Waals surface area contributed by atoms with Gasteiger partial charge in [0.05, 0.1) is 5.92 Å². The van der Waals surface area contributed by atoms with Crippen LogP contribution in [0.3, 0.4) is 0 Å². The first kappa shape index (κ1) is 11.2. The molecule has 3 unspecified atom stereocenters. The third-order valence-corrected chi connectivity index (χ3v) is 4.08. The largest absolute Gasteiger partial charge is 0.352 e. The molecule has 1 heterocycles. The van der Waals surface area contributed by atoms with Gasteiger partial charge in [0.15, 0.2) is 0 Å². The first-order valence-corrected chi connectivity index (χ1v) is 6.70. The van der Waals surface area contributed by atoms with Gasteiger partial charge in [0.1, 0.15) is 0 Å². The minimum absolute atomic E-state index is 0.0000231. The van der Waals surface area contributed by atoms with Crippen molar-refractivity contribution in [3.05, 3.63) is 12.2 Å². The molecule has 2 fully saturated rings. The number of likely N-dealkylation sites (tertiary alicyclic amines) is 1. The van der Waals surface area contributed by atoms with Crippen molar-refractivity contribution in [3.8, 4) is 0 Å². The van der Waals surface area contributed by atoms with Gasteiger partial charge in [-0.25, -0.2) is 0 Å². The van der Waals surface area contributed by atoms with Gasteiger partial charge in [-0.2, -0.15) is 0 Å². The topological polar surface area (TPSA) is 58.4 Å². The molecule has 3 aliphatic rings. The molecule has 3 N–H and O–H groups in total. The zero-order valence-electron chi connectivity index (χ0n) is 10.1. The summed E-state index contributed by atoms with van der Waals surface area (Å²) < 4.78 is 0. The monoisotopic (exact) mass is 235 g/mol. The lowest BCUT2D eigenvalue weighted by Gasteiger charge is -2.17. The summed E-state index contributed by atoms with van der Waals surface area (Å²) in [6.45, 7) is 2.19. The molecular formula is C13H21N3O. The van der Waals surface area contributed by atoms with Crippen LogP contribution in [0.5, 0.6) is 0 Å². The van der Waals surface area contributed by atoms with E-state index in [0.717, 1.165) is 32.0 Å². The van der Waals surface area contributed by atoms with Crippen molar-refractivity contribution in [1.82, 2.24) is 10.2 Å². The highest BCUT2D eigenvalue weighted by atomic mass is 16.1. The average molecular weight is 235 g/mol. The van der Waals surface area contributed by atoms with Gasteiger partial charge in [-0.15, -0.1) is 0 Å². The van der Waals surface area contributed by atoms with Gasteiger partial charge in [0.25, 0.3) is 0 Å². The summed E-state index contributed by atoms with van der Waals surface area (Å²) in [6.07, 6.45) is 8.46. The molecule has 3 rings (SSSR count). The fourth-order valence-corrected chi connectivity index (χ4v) is 2.91. The molecule has 94 valence electrons. The molecule has 4 nitrogen and oxygen atoms in total. The van der Waals surface area contributed by atoms with E-state index in [1.165, 1.54) is 12.8 Å². The SMILES string of the molecule is NC1C=CC(C(=O)NC2CCN(C3CC3)C2)C1. The van der Waals surface area contributed by atoms with Gasteiger partial charge < -0.3 is 11.1 Å². The van der Waals surface area contributed by atoms with E-state index in [9.17, 15) is 4.79 Å². The Bertz CT molecular complexity index is 338. The number of amides is 1. The lowest BCUT2D eigenvalue weighted by Crippen LogP contribution is -2.40. The maximum atomic E-state index is 12.0. The summed E-state index contributed by atoms with van der Waals surface area (Å²) in [5, 5.41) is 3.17. The Morgan fingerprint density at radius 1 is 1.29 bits per heavy atom. The molecule has 0 aromatic rings. The van der Waals surface area contributed by atoms with Crippen LogP contribution in [0, 0.1) is 5.92 Å². The zero-order valence-corrected chi connectivity index (χ0v) is 10.1. The predicted molar refractivity (Wildman–Crippen MR) is 66.4 cm³/mol. The Morgan fingerprint density at radius 3 is 2.76 bits per heavy atom. The zero-order chi connectivity index (χ0) is 11.8. The molecule has 0 radical (unpaired) electrons. The van der Waals surface area contributed by atoms with Crippen molar-refractivity contribution < 1.29 is 4.79 Å². The molecule has 1 saturated carbocycles. The van der Waals surface area contributed by atoms with E-state index < -0.39 is 0 Å². The van der Waals surface area contributed by atoms with Crippen LogP contribution in [-0.2, 0) is 4.79 Å². The highest BCUT2D eigenvalue weighted by molar-refractivity contribution is 5.81. The number of nitrogens with one attached hydrogen (secondary N) is 1. The van der Waals surface area contributed by atoms with Crippen LogP contribution in [0.4, 0.5) is 0 Å². The molecule has 0 aromatic carbocycles. The maximum absolute atomic E-state index is 12.0. The van der Waals surface area contributed by atoms with E-state index in [4.69, 9.17) is 5.73 Å². The number of nitrogens with two attached hydrogens (primary N) is 1. The van der Waals surface area contributed by atoms with Gasteiger partial charge in [-0.1, -0.05) is 12.2 Å². The second-order valence-corrected chi connectivity index (χ2v) is 5.61. The minimum atomic E-state index is -0.0000231. The van der Waals surface area contributed by atoms with Crippen LogP contribution in [-0.4, -0.2) is 42.0 Å². The van der Waals surface area contributed by atoms with E-state index in [2.05, 4.69) is 10.2 Å². The second-order valence-electron chi connectivity index (χ2n) is 5.61. The van der Waals surface area contributed by atoms with Gasteiger partial charge in [-0.3, -0.25) is 9.69 Å². The minimum Gasteiger partial charge on any atom is -0.352 e. The highest BCUT2D eigenvalue weighted by Gasteiger charge is 2.35. The van der Waals surface area contributed by atoms with Crippen LogP contribution in [0.2, 0.25) is 0 Å². The molecule has 0 aromatic heterocycles. The molecular weight excluding hydrogens is 214 g/mol. The van der Waals surface area contributed by atoms with Crippen molar-refractivity contribution in [2.45, 2.75) is 43.8 Å². The molecule has 3 atom stereocenters. The summed E-state index contributed by atoms with van der Waals surface area (Å²) in [4.78, 5) is 14.5. The fourth-order valence-electron chi connectivity index (χ4n) is 2.91. The third-order valence-electron chi connectivity index (χ3n) is 4.08. The molecule has 1 amide bonds. The Labute approximate surface area is 102 Å². The predicted octanol–water partition coefficient (Wildman–Crippen LogP) is 0.243. The molecule has 4 heteroatoms. The molecule has 0 spiro atoms. The Hall–Kier alpha value is -0.870. The number of carbonyl (C=O) groups excluding carboxylic acids is 1. The van der Waals surface area contributed by atoms with E-state index in [1.54, 1.807) is 0 Å². The third kappa shape index (κ3) is 2.53. The van der Waals surface area contributed by atoms with E-state index in [1.807, 2.05) is 12.2 Å². The summed E-state index contributed by atoms with van der Waals surface area (Å²) in [7, 11) is 0. The number of hydrogen-bond acceptors (Lipinski definition) is 3. The van der Waals surface area contributed by atoms with Gasteiger partial charge >= 0.3 is 0 Å². The lowest BCUT2D eigenvalue weighted by atomic mass is 10.1. The maximum Gasteiger partial charge on any atom is 0.227 e. The smallest absolute Gasteiger partial charge is 0.227 e. The molecule has 2 aliphatic carbocycles. The van der Waals surface area contributed by atoms with Crippen LogP contribution in [0.1, 0.15) is 25.7 Å². The highest BCUT2D eigenvalue weighted by Crippen LogP contribution is 2.30. The number of rotatable bonds is 3. The number of nitrogens with zero attached hydrogens (tertiary/aromatic N) is 1. The number of hydrogen-bond donors (Lipinski definition) is 2. The van der Waals surface area contributed by atoms with Crippen molar-refractivity contribution in [1.29, 1.82) is 0 Å². The molecule has 0 bridgehead atoms. The summed E-state index contributed by atoms with van der Waals surface area (Å²) in [6, 6.07) is 1.24. The quantitative estimate of drug-likeness (QED) is 0.689. The molecule has 1 saturated heterocycles. The summed E-state index contributed by atoms with van der Waals surface area (Å²) in [5.41, 5.74) is 5.77. The van der Waals surface area contributed by atoms with Crippen LogP contribution in [0.25, 0.3) is 0 Å². The molecule has 17 heavy (non-hydrogen) atoms. The molecule has 1 aliphatic heterocycles. The van der Waals surface area contributed by atoms with Crippen molar-refractivity contribution in [3.63, 3.8) is 0 Å². The Balaban J connectivity index is 1.47. The second kappa shape index (κ2) is 4.42. The van der Waals surface area contributed by atoms with Crippen LogP contribution < -0.4 is 11.1 Å². The Morgan fingerprint density at radius 2 is 2.12 bits per heavy atom. The van der Waals surface area contributed by atoms with Crippen LogP contribution in [0.15, 0.2) is 12.2 Å². The number of carbonyl (C=O) groups is 1. The van der Waals surface area contributed by atoms with E-state index in [0.29, 0.717) is 6.04 Å². The standard InChI is InChI=1S/C13H21N3O/c14-10-2-1-9(7-10)13(17)15-11-5-6-16(8-11)12-3-4-12/h1-2,9-12H,3-8,14H2,(H,15,17). The summed E-state index contributed by atoms with van der Waals surface area (Å²) in [5.74, 6) is 0.164. The average Bonchev–Trinajstić information content (AvgIpc) is 2.90. The van der Waals surface area contributed by atoms with Gasteiger partial charge in [-0.05, 0) is 25.7 Å². The fraction of sp³-hybridized carbons (Fsp3) is 0.769. The normalized spacial score (nSPS) is 37.6. The van der Waals surface area contributed by atoms with Gasteiger partial charge in [0.2, 0.25) is 5.91 Å². The lowest BCUT2D eigenvalue weighted by molar-refractivity contribution is -0.124.